The largest absolute Gasteiger partial charge is 0.487 e. The maximum Gasteiger partial charge on any atom is 0.254 e. The van der Waals surface area contributed by atoms with Gasteiger partial charge in [0.1, 0.15) is 12.4 Å². The Balaban J connectivity index is 1.20. The van der Waals surface area contributed by atoms with Crippen molar-refractivity contribution in [2.24, 2.45) is 28.8 Å². The number of carbonyl (C=O) groups is 2. The van der Waals surface area contributed by atoms with Crippen LogP contribution in [0.3, 0.4) is 0 Å². The molecule has 1 saturated carbocycles. The Hall–Kier alpha value is -2.27. The molecule has 2 amide bonds. The normalized spacial score (nSPS) is 25.1. The first-order chi connectivity index (χ1) is 17.0. The summed E-state index contributed by atoms with van der Waals surface area (Å²) in [4.78, 5) is 26.0. The molecule has 0 N–H and O–H groups in total. The number of halogens is 2. The highest BCUT2D eigenvalue weighted by molar-refractivity contribution is 14.1. The summed E-state index contributed by atoms with van der Waals surface area (Å²) in [6.07, 6.45) is 7.82. The number of rotatable bonds is 5. The second-order valence-corrected chi connectivity index (χ2v) is 11.6. The van der Waals surface area contributed by atoms with Gasteiger partial charge in [0.2, 0.25) is 0 Å². The van der Waals surface area contributed by atoms with Crippen molar-refractivity contribution in [3.05, 3.63) is 85.0 Å². The molecule has 1 heterocycles. The monoisotopic (exact) mass is 688 g/mol. The molecule has 2 fully saturated rings. The van der Waals surface area contributed by atoms with Gasteiger partial charge in [0.15, 0.2) is 0 Å². The Kier molecular flexibility index (Phi) is 6.16. The number of fused-ring (bicyclic) bond motifs is 2. The van der Waals surface area contributed by atoms with Crippen LogP contribution < -0.4 is 4.74 Å². The highest BCUT2D eigenvalue weighted by Crippen LogP contribution is 2.49. The van der Waals surface area contributed by atoms with Gasteiger partial charge in [-0.05, 0) is 104 Å². The van der Waals surface area contributed by atoms with E-state index in [1.165, 1.54) is 10.8 Å². The SMILES string of the molecule is O=C1C2C3C=CC(CC3)C2C(=O)N1/N=C/c1cc(I)c(OCc2cccc3ccccc23)c(I)c1. The number of carbonyl (C=O) groups excluding carboxylic acids is 2. The van der Waals surface area contributed by atoms with E-state index in [0.29, 0.717) is 6.61 Å². The summed E-state index contributed by atoms with van der Waals surface area (Å²) in [5.41, 5.74) is 1.96. The highest BCUT2D eigenvalue weighted by atomic mass is 127. The first-order valence-corrected chi connectivity index (χ1v) is 13.9. The van der Waals surface area contributed by atoms with Crippen LogP contribution in [0.1, 0.15) is 24.0 Å². The lowest BCUT2D eigenvalue weighted by atomic mass is 9.63. The van der Waals surface area contributed by atoms with Crippen LogP contribution in [-0.2, 0) is 16.2 Å². The van der Waals surface area contributed by atoms with Gasteiger partial charge in [-0.15, -0.1) is 0 Å². The van der Waals surface area contributed by atoms with Gasteiger partial charge in [0.25, 0.3) is 11.8 Å². The summed E-state index contributed by atoms with van der Waals surface area (Å²) in [6.45, 7) is 0.469. The molecule has 7 rings (SSSR count). The average Bonchev–Trinajstić information content (AvgIpc) is 3.14. The van der Waals surface area contributed by atoms with Gasteiger partial charge in [0.05, 0.1) is 25.2 Å². The molecule has 1 saturated heterocycles. The molecule has 3 aliphatic carbocycles. The zero-order chi connectivity index (χ0) is 24.1. The van der Waals surface area contributed by atoms with Gasteiger partial charge in [-0.2, -0.15) is 10.1 Å². The van der Waals surface area contributed by atoms with Crippen molar-refractivity contribution in [1.29, 1.82) is 0 Å². The van der Waals surface area contributed by atoms with Crippen LogP contribution in [0, 0.1) is 30.8 Å². The fourth-order valence-electron chi connectivity index (χ4n) is 5.66. The average molecular weight is 688 g/mol. The molecule has 35 heavy (non-hydrogen) atoms. The third-order valence-corrected chi connectivity index (χ3v) is 8.93. The van der Waals surface area contributed by atoms with Gasteiger partial charge in [-0.25, -0.2) is 0 Å². The molecule has 0 aromatic heterocycles. The van der Waals surface area contributed by atoms with Gasteiger partial charge in [-0.3, -0.25) is 9.59 Å². The molecular weight excluding hydrogens is 666 g/mol. The molecule has 1 aliphatic heterocycles. The number of hydrazone groups is 1. The highest BCUT2D eigenvalue weighted by Gasteiger charge is 2.56. The van der Waals surface area contributed by atoms with E-state index in [0.717, 1.165) is 41.9 Å². The lowest BCUT2D eigenvalue weighted by Gasteiger charge is -2.37. The predicted molar refractivity (Wildman–Crippen MR) is 152 cm³/mol. The van der Waals surface area contributed by atoms with Crippen molar-refractivity contribution < 1.29 is 14.3 Å². The summed E-state index contributed by atoms with van der Waals surface area (Å²) in [5.74, 6) is 0.355. The van der Waals surface area contributed by atoms with Crippen molar-refractivity contribution in [2.45, 2.75) is 19.4 Å². The molecule has 4 atom stereocenters. The molecule has 3 aromatic rings. The third-order valence-electron chi connectivity index (χ3n) is 7.33. The topological polar surface area (TPSA) is 59.0 Å². The Morgan fingerprint density at radius 1 is 0.914 bits per heavy atom. The third kappa shape index (κ3) is 4.10. The van der Waals surface area contributed by atoms with Gasteiger partial charge < -0.3 is 4.74 Å². The lowest BCUT2D eigenvalue weighted by Crippen LogP contribution is -2.38. The van der Waals surface area contributed by atoms with Crippen molar-refractivity contribution in [2.75, 3.05) is 0 Å². The van der Waals surface area contributed by atoms with Gasteiger partial charge in [0, 0.05) is 0 Å². The first kappa shape index (κ1) is 23.1. The van der Waals surface area contributed by atoms with Crippen LogP contribution in [0.2, 0.25) is 0 Å². The van der Waals surface area contributed by atoms with Crippen LogP contribution in [-0.4, -0.2) is 23.0 Å². The number of allylic oxidation sites excluding steroid dienone is 2. The van der Waals surface area contributed by atoms with E-state index in [1.54, 1.807) is 6.21 Å². The zero-order valence-corrected chi connectivity index (χ0v) is 23.0. The molecule has 7 heteroatoms. The number of nitrogens with zero attached hydrogens (tertiary/aromatic N) is 2. The van der Waals surface area contributed by atoms with Gasteiger partial charge >= 0.3 is 0 Å². The minimum absolute atomic E-state index is 0.158. The van der Waals surface area contributed by atoms with Crippen molar-refractivity contribution in [3.8, 4) is 5.75 Å². The molecule has 176 valence electrons. The molecule has 4 unspecified atom stereocenters. The number of hydrogen-bond acceptors (Lipinski definition) is 4. The van der Waals surface area contributed by atoms with E-state index >= 15 is 0 Å². The summed E-state index contributed by atoms with van der Waals surface area (Å²) in [7, 11) is 0. The van der Waals surface area contributed by atoms with Crippen LogP contribution in [0.15, 0.2) is 71.9 Å². The second kappa shape index (κ2) is 9.31. The standard InChI is InChI=1S/C28H22I2N2O3/c29-22-12-16(14-31-32-27(33)24-18-8-9-19(11-10-18)25(24)28(32)34)13-23(30)26(22)35-15-20-6-3-5-17-4-1-2-7-21(17)20/h1-9,12-14,18-19,24-25H,10-11,15H2/b31-14+. The summed E-state index contributed by atoms with van der Waals surface area (Å²) in [5, 5.41) is 7.84. The van der Waals surface area contributed by atoms with Crippen molar-refractivity contribution >= 4 is 74.0 Å². The number of benzene rings is 3. The number of hydrogen-bond donors (Lipinski definition) is 0. The molecule has 2 bridgehead atoms. The fourth-order valence-corrected chi connectivity index (χ4v) is 7.78. The lowest BCUT2D eigenvalue weighted by molar-refractivity contribution is -0.140. The predicted octanol–water partition coefficient (Wildman–Crippen LogP) is 6.16. The van der Waals surface area contributed by atoms with Gasteiger partial charge in [-0.1, -0.05) is 54.6 Å². The van der Waals surface area contributed by atoms with Crippen LogP contribution in [0.4, 0.5) is 0 Å². The molecule has 0 spiro atoms. The molecule has 5 nitrogen and oxygen atoms in total. The van der Waals surface area contributed by atoms with Crippen LogP contribution >= 0.6 is 45.2 Å². The minimum atomic E-state index is -0.242. The minimum Gasteiger partial charge on any atom is -0.487 e. The number of imide groups is 1. The maximum atomic E-state index is 13.0. The van der Waals surface area contributed by atoms with E-state index in [-0.39, 0.29) is 35.5 Å². The Labute approximate surface area is 230 Å². The molecule has 3 aromatic carbocycles. The Morgan fingerprint density at radius 2 is 1.54 bits per heavy atom. The Morgan fingerprint density at radius 3 is 2.20 bits per heavy atom. The van der Waals surface area contributed by atoms with E-state index in [1.807, 2.05) is 24.3 Å². The quantitative estimate of drug-likeness (QED) is 0.140. The second-order valence-electron chi connectivity index (χ2n) is 9.31. The maximum absolute atomic E-state index is 13.0. The fraction of sp³-hybridized carbons (Fsp3) is 0.250. The zero-order valence-electron chi connectivity index (χ0n) is 18.7. The molecular formula is C28H22I2N2O3. The van der Waals surface area contributed by atoms with Crippen molar-refractivity contribution in [1.82, 2.24) is 5.01 Å². The summed E-state index contributed by atoms with van der Waals surface area (Å²) >= 11 is 4.52. The van der Waals surface area contributed by atoms with Crippen LogP contribution in [0.25, 0.3) is 10.8 Å². The smallest absolute Gasteiger partial charge is 0.254 e. The Bertz CT molecular complexity index is 1360. The summed E-state index contributed by atoms with van der Waals surface area (Å²) < 4.78 is 8.14. The van der Waals surface area contributed by atoms with Crippen LogP contribution in [0.5, 0.6) is 5.75 Å². The number of amides is 2. The van der Waals surface area contributed by atoms with Crippen molar-refractivity contribution in [3.63, 3.8) is 0 Å². The number of ether oxygens (including phenoxy) is 1. The first-order valence-electron chi connectivity index (χ1n) is 11.7. The molecule has 4 aliphatic rings. The van der Waals surface area contributed by atoms with E-state index in [4.69, 9.17) is 4.74 Å². The van der Waals surface area contributed by atoms with E-state index in [9.17, 15) is 9.59 Å². The summed E-state index contributed by atoms with van der Waals surface area (Å²) in [6, 6.07) is 18.5. The van der Waals surface area contributed by atoms with E-state index in [2.05, 4.69) is 92.8 Å². The molecule has 0 radical (unpaired) electrons. The van der Waals surface area contributed by atoms with E-state index < -0.39 is 0 Å².